The van der Waals surface area contributed by atoms with E-state index >= 15 is 0 Å². The highest BCUT2D eigenvalue weighted by atomic mass is 16.5. The molecule has 0 saturated heterocycles. The molecule has 0 atom stereocenters. The van der Waals surface area contributed by atoms with E-state index in [2.05, 4.69) is 4.98 Å². The molecule has 0 aliphatic heterocycles. The molecule has 0 fully saturated rings. The van der Waals surface area contributed by atoms with E-state index in [4.69, 9.17) is 14.2 Å². The summed E-state index contributed by atoms with van der Waals surface area (Å²) in [5.74, 6) is -0.193. The number of fused-ring (bicyclic) bond motifs is 1. The topological polar surface area (TPSA) is 77.9 Å². The molecule has 1 aromatic heterocycles. The van der Waals surface area contributed by atoms with Gasteiger partial charge in [-0.3, -0.25) is 0 Å². The van der Waals surface area contributed by atoms with Crippen LogP contribution in [-0.4, -0.2) is 35.9 Å². The molecule has 2 aromatic carbocycles. The maximum absolute atomic E-state index is 11.6. The van der Waals surface area contributed by atoms with E-state index in [9.17, 15) is 9.90 Å². The summed E-state index contributed by atoms with van der Waals surface area (Å²) in [4.78, 5) is 15.8. The number of hydrogen-bond donors (Lipinski definition) is 1. The minimum Gasteiger partial charge on any atom is -0.493 e. The summed E-state index contributed by atoms with van der Waals surface area (Å²) >= 11 is 0. The van der Waals surface area contributed by atoms with Crippen LogP contribution in [0, 0.1) is 0 Å². The first-order valence-electron chi connectivity index (χ1n) is 9.22. The molecule has 0 aliphatic rings. The Morgan fingerprint density at radius 1 is 1.04 bits per heavy atom. The number of carboxylic acids is 1. The molecule has 1 N–H and O–H groups in total. The molecular formula is C22H23NO5. The number of hydrogen-bond acceptors (Lipinski definition) is 5. The first-order valence-corrected chi connectivity index (χ1v) is 9.22. The normalized spacial score (nSPS) is 10.8. The maximum Gasteiger partial charge on any atom is 0.358 e. The Kier molecular flexibility index (Phi) is 6.81. The van der Waals surface area contributed by atoms with Gasteiger partial charge >= 0.3 is 5.97 Å². The second kappa shape index (κ2) is 9.71. The average Bonchev–Trinajstić information content (AvgIpc) is 2.72. The van der Waals surface area contributed by atoms with Crippen LogP contribution in [0.1, 0.15) is 29.4 Å². The van der Waals surface area contributed by atoms with Gasteiger partial charge < -0.3 is 19.3 Å². The Hall–Kier alpha value is -3.12. The van der Waals surface area contributed by atoms with Gasteiger partial charge in [-0.1, -0.05) is 30.3 Å². The number of rotatable bonds is 10. The summed E-state index contributed by atoms with van der Waals surface area (Å²) in [6.07, 6.45) is 0.799. The van der Waals surface area contributed by atoms with Crippen molar-refractivity contribution < 1.29 is 24.1 Å². The predicted molar refractivity (Wildman–Crippen MR) is 106 cm³/mol. The zero-order chi connectivity index (χ0) is 19.8. The van der Waals surface area contributed by atoms with E-state index in [-0.39, 0.29) is 18.1 Å². The first kappa shape index (κ1) is 19.6. The molecule has 1 heterocycles. The molecule has 0 saturated carbocycles. The largest absolute Gasteiger partial charge is 0.493 e. The Labute approximate surface area is 163 Å². The van der Waals surface area contributed by atoms with Gasteiger partial charge in [-0.2, -0.15) is 0 Å². The van der Waals surface area contributed by atoms with Gasteiger partial charge in [-0.25, -0.2) is 9.78 Å². The minimum absolute atomic E-state index is 0.103. The number of carbonyl (C=O) groups is 1. The van der Waals surface area contributed by atoms with E-state index in [1.165, 1.54) is 0 Å². The van der Waals surface area contributed by atoms with Crippen LogP contribution in [0.3, 0.4) is 0 Å². The quantitative estimate of drug-likeness (QED) is 0.527. The van der Waals surface area contributed by atoms with Crippen molar-refractivity contribution in [3.8, 4) is 11.5 Å². The Morgan fingerprint density at radius 3 is 2.61 bits per heavy atom. The van der Waals surface area contributed by atoms with Gasteiger partial charge in [0, 0.05) is 25.0 Å². The fourth-order valence-electron chi connectivity index (χ4n) is 2.72. The third-order valence-electron chi connectivity index (χ3n) is 4.10. The number of ether oxygens (including phenoxy) is 3. The zero-order valence-corrected chi connectivity index (χ0v) is 15.8. The summed E-state index contributed by atoms with van der Waals surface area (Å²) in [7, 11) is 0. The lowest BCUT2D eigenvalue weighted by atomic mass is 10.1. The molecule has 0 amide bonds. The Morgan fingerprint density at radius 2 is 1.86 bits per heavy atom. The van der Waals surface area contributed by atoms with Crippen LogP contribution < -0.4 is 9.47 Å². The fourth-order valence-corrected chi connectivity index (χ4v) is 2.72. The lowest BCUT2D eigenvalue weighted by molar-refractivity contribution is 0.0685. The molecule has 3 aromatic rings. The third-order valence-corrected chi connectivity index (χ3v) is 4.10. The van der Waals surface area contributed by atoms with Crippen LogP contribution in [0.25, 0.3) is 10.9 Å². The highest BCUT2D eigenvalue weighted by Crippen LogP contribution is 2.27. The highest BCUT2D eigenvalue weighted by molar-refractivity contribution is 5.93. The van der Waals surface area contributed by atoms with E-state index in [0.717, 1.165) is 17.4 Å². The number of aromatic carboxylic acids is 1. The van der Waals surface area contributed by atoms with Crippen molar-refractivity contribution in [1.82, 2.24) is 4.98 Å². The van der Waals surface area contributed by atoms with Crippen molar-refractivity contribution >= 4 is 16.9 Å². The molecule has 0 spiro atoms. The zero-order valence-electron chi connectivity index (χ0n) is 15.8. The first-order chi connectivity index (χ1) is 13.7. The molecule has 3 rings (SSSR count). The number of pyridine rings is 1. The maximum atomic E-state index is 11.6. The summed E-state index contributed by atoms with van der Waals surface area (Å²) in [6.45, 7) is 4.12. The van der Waals surface area contributed by atoms with Crippen molar-refractivity contribution in [3.63, 3.8) is 0 Å². The van der Waals surface area contributed by atoms with Crippen LogP contribution >= 0.6 is 0 Å². The summed E-state index contributed by atoms with van der Waals surface area (Å²) in [5.41, 5.74) is 1.42. The average molecular weight is 381 g/mol. The number of aromatic nitrogens is 1. The van der Waals surface area contributed by atoms with Gasteiger partial charge in [-0.15, -0.1) is 0 Å². The molecule has 0 bridgehead atoms. The SMILES string of the molecule is CCOCCCOc1ccc2nc(C(=O)O)c(OCc3ccccc3)cc2c1. The summed E-state index contributed by atoms with van der Waals surface area (Å²) < 4.78 is 16.8. The van der Waals surface area contributed by atoms with E-state index < -0.39 is 5.97 Å². The molecule has 28 heavy (non-hydrogen) atoms. The van der Waals surface area contributed by atoms with Gasteiger partial charge in [-0.05, 0) is 36.8 Å². The Balaban J connectivity index is 1.78. The number of carboxylic acid groups (broad SMARTS) is 1. The van der Waals surface area contributed by atoms with Gasteiger partial charge in [0.1, 0.15) is 12.4 Å². The van der Waals surface area contributed by atoms with Crippen LogP contribution in [0.5, 0.6) is 11.5 Å². The smallest absolute Gasteiger partial charge is 0.358 e. The molecular weight excluding hydrogens is 358 g/mol. The van der Waals surface area contributed by atoms with Crippen LogP contribution in [-0.2, 0) is 11.3 Å². The monoisotopic (exact) mass is 381 g/mol. The molecule has 146 valence electrons. The summed E-state index contributed by atoms with van der Waals surface area (Å²) in [6, 6.07) is 16.6. The lowest BCUT2D eigenvalue weighted by Gasteiger charge is -2.11. The van der Waals surface area contributed by atoms with E-state index in [1.807, 2.05) is 43.3 Å². The van der Waals surface area contributed by atoms with Crippen LogP contribution in [0.15, 0.2) is 54.6 Å². The number of benzene rings is 2. The van der Waals surface area contributed by atoms with Gasteiger partial charge in [0.15, 0.2) is 11.4 Å². The molecule has 0 radical (unpaired) electrons. The van der Waals surface area contributed by atoms with Crippen molar-refractivity contribution in [2.75, 3.05) is 19.8 Å². The molecule has 6 nitrogen and oxygen atoms in total. The van der Waals surface area contributed by atoms with Crippen molar-refractivity contribution in [3.05, 3.63) is 65.9 Å². The van der Waals surface area contributed by atoms with E-state index in [0.29, 0.717) is 31.1 Å². The van der Waals surface area contributed by atoms with Crippen molar-refractivity contribution in [1.29, 1.82) is 0 Å². The van der Waals surface area contributed by atoms with Crippen LogP contribution in [0.4, 0.5) is 0 Å². The lowest BCUT2D eigenvalue weighted by Crippen LogP contribution is -2.06. The molecule has 0 aliphatic carbocycles. The second-order valence-corrected chi connectivity index (χ2v) is 6.17. The van der Waals surface area contributed by atoms with E-state index in [1.54, 1.807) is 18.2 Å². The Bertz CT molecular complexity index is 927. The van der Waals surface area contributed by atoms with Crippen molar-refractivity contribution in [2.24, 2.45) is 0 Å². The standard InChI is InChI=1S/C22H23NO5/c1-2-26-11-6-12-27-18-9-10-19-17(13-18)14-20(21(23-19)22(24)25)28-15-16-7-4-3-5-8-16/h3-5,7-10,13-14H,2,6,11-12,15H2,1H3,(H,24,25). The van der Waals surface area contributed by atoms with Gasteiger partial charge in [0.2, 0.25) is 0 Å². The minimum atomic E-state index is -1.12. The highest BCUT2D eigenvalue weighted by Gasteiger charge is 2.16. The second-order valence-electron chi connectivity index (χ2n) is 6.17. The molecule has 6 heteroatoms. The molecule has 0 unspecified atom stereocenters. The predicted octanol–water partition coefficient (Wildman–Crippen LogP) is 4.32. The van der Waals surface area contributed by atoms with Gasteiger partial charge in [0.05, 0.1) is 12.1 Å². The fraction of sp³-hybridized carbons (Fsp3) is 0.273. The number of nitrogens with zero attached hydrogens (tertiary/aromatic N) is 1. The van der Waals surface area contributed by atoms with Crippen LogP contribution in [0.2, 0.25) is 0 Å². The summed E-state index contributed by atoms with van der Waals surface area (Å²) in [5, 5.41) is 10.2. The third kappa shape index (κ3) is 5.20. The van der Waals surface area contributed by atoms with Gasteiger partial charge in [0.25, 0.3) is 0 Å². The van der Waals surface area contributed by atoms with Crippen molar-refractivity contribution in [2.45, 2.75) is 20.0 Å².